The molecule has 1 fully saturated rings. The van der Waals surface area contributed by atoms with Gasteiger partial charge in [-0.1, -0.05) is 6.07 Å². The number of halogens is 1. The lowest BCUT2D eigenvalue weighted by Crippen LogP contribution is -2.52. The van der Waals surface area contributed by atoms with Crippen molar-refractivity contribution in [2.24, 2.45) is 0 Å². The highest BCUT2D eigenvalue weighted by atomic mass is 19.1. The molecule has 0 spiro atoms. The first-order valence-electron chi connectivity index (χ1n) is 9.60. The van der Waals surface area contributed by atoms with Crippen molar-refractivity contribution < 1.29 is 13.9 Å². The third-order valence-electron chi connectivity index (χ3n) is 5.23. The van der Waals surface area contributed by atoms with E-state index in [1.54, 1.807) is 37.4 Å². The van der Waals surface area contributed by atoms with E-state index in [0.717, 1.165) is 31.7 Å². The van der Waals surface area contributed by atoms with Crippen LogP contribution >= 0.6 is 0 Å². The Morgan fingerprint density at radius 3 is 2.69 bits per heavy atom. The van der Waals surface area contributed by atoms with Gasteiger partial charge in [-0.15, -0.1) is 0 Å². The van der Waals surface area contributed by atoms with Crippen LogP contribution < -0.4 is 10.1 Å². The fourth-order valence-electron chi connectivity index (χ4n) is 3.50. The largest absolute Gasteiger partial charge is 0.496 e. The predicted octanol–water partition coefficient (Wildman–Crippen LogP) is 2.85. The molecule has 3 rings (SSSR count). The number of rotatable bonds is 6. The van der Waals surface area contributed by atoms with E-state index in [0.29, 0.717) is 23.5 Å². The highest BCUT2D eigenvalue weighted by Crippen LogP contribution is 2.22. The van der Waals surface area contributed by atoms with Crippen molar-refractivity contribution in [1.82, 2.24) is 9.80 Å². The lowest BCUT2D eigenvalue weighted by atomic mass is 10.1. The maximum Gasteiger partial charge on any atom is 0.241 e. The Bertz CT molecular complexity index is 904. The maximum atomic E-state index is 13.6. The number of ether oxygens (including phenoxy) is 1. The minimum absolute atomic E-state index is 0.0969. The number of carbonyl (C=O) groups excluding carboxylic acids is 1. The summed E-state index contributed by atoms with van der Waals surface area (Å²) in [6.07, 6.45) is 0. The molecule has 1 aliphatic rings. The Labute approximate surface area is 170 Å². The van der Waals surface area contributed by atoms with Crippen LogP contribution in [0.25, 0.3) is 0 Å². The van der Waals surface area contributed by atoms with Gasteiger partial charge in [-0.25, -0.2) is 4.39 Å². The number of anilines is 1. The number of hydrogen-bond donors (Lipinski definition) is 1. The van der Waals surface area contributed by atoms with Crippen molar-refractivity contribution in [2.45, 2.75) is 19.5 Å². The molecular formula is C22H25FN4O2. The first kappa shape index (κ1) is 20.8. The summed E-state index contributed by atoms with van der Waals surface area (Å²) in [5, 5.41) is 11.9. The van der Waals surface area contributed by atoms with Gasteiger partial charge in [0, 0.05) is 44.0 Å². The zero-order valence-corrected chi connectivity index (χ0v) is 16.7. The molecule has 1 saturated heterocycles. The van der Waals surface area contributed by atoms with E-state index in [9.17, 15) is 9.18 Å². The number of nitrogens with zero attached hydrogens (tertiary/aromatic N) is 3. The van der Waals surface area contributed by atoms with Crippen LogP contribution in [0.15, 0.2) is 42.5 Å². The fraction of sp³-hybridized carbons (Fsp3) is 0.364. The molecular weight excluding hydrogens is 371 g/mol. The van der Waals surface area contributed by atoms with Crippen molar-refractivity contribution in [2.75, 3.05) is 38.6 Å². The molecule has 1 atom stereocenters. The van der Waals surface area contributed by atoms with Gasteiger partial charge in [0.05, 0.1) is 24.8 Å². The number of nitriles is 1. The second-order valence-electron chi connectivity index (χ2n) is 7.13. The Morgan fingerprint density at radius 1 is 1.24 bits per heavy atom. The SMILES string of the molecule is COc1ccc(F)cc1CN1CCN([C@H](C)C(=O)Nc2cccc(C#N)c2)CC1. The molecule has 0 aliphatic carbocycles. The molecule has 0 aromatic heterocycles. The summed E-state index contributed by atoms with van der Waals surface area (Å²) >= 11 is 0. The van der Waals surface area contributed by atoms with Gasteiger partial charge in [0.1, 0.15) is 11.6 Å². The minimum Gasteiger partial charge on any atom is -0.496 e. The summed E-state index contributed by atoms with van der Waals surface area (Å²) in [5.41, 5.74) is 1.96. The van der Waals surface area contributed by atoms with Crippen molar-refractivity contribution in [1.29, 1.82) is 5.26 Å². The van der Waals surface area contributed by atoms with Crippen molar-refractivity contribution in [3.8, 4) is 11.8 Å². The third-order valence-corrected chi connectivity index (χ3v) is 5.23. The van der Waals surface area contributed by atoms with Crippen LogP contribution in [0.2, 0.25) is 0 Å². The number of nitrogens with one attached hydrogen (secondary N) is 1. The standard InChI is InChI=1S/C22H25FN4O2/c1-16(22(28)25-20-5-3-4-17(12-20)14-24)27-10-8-26(9-11-27)15-18-13-19(23)6-7-21(18)29-2/h3-7,12-13,16H,8-11,15H2,1-2H3,(H,25,28)/t16-/m1/s1. The zero-order chi connectivity index (χ0) is 20.8. The zero-order valence-electron chi connectivity index (χ0n) is 16.7. The van der Waals surface area contributed by atoms with Crippen LogP contribution in [-0.4, -0.2) is 55.0 Å². The fourth-order valence-corrected chi connectivity index (χ4v) is 3.50. The summed E-state index contributed by atoms with van der Waals surface area (Å²) in [5.74, 6) is 0.312. The lowest BCUT2D eigenvalue weighted by molar-refractivity contribution is -0.121. The predicted molar refractivity (Wildman–Crippen MR) is 109 cm³/mol. The minimum atomic E-state index is -0.286. The van der Waals surface area contributed by atoms with E-state index in [4.69, 9.17) is 10.00 Å². The second kappa shape index (κ2) is 9.50. The monoisotopic (exact) mass is 396 g/mol. The van der Waals surface area contributed by atoms with Crippen molar-refractivity contribution >= 4 is 11.6 Å². The molecule has 0 saturated carbocycles. The van der Waals surface area contributed by atoms with Gasteiger partial charge >= 0.3 is 0 Å². The normalized spacial score (nSPS) is 16.1. The van der Waals surface area contributed by atoms with Crippen molar-refractivity contribution in [3.05, 3.63) is 59.4 Å². The summed E-state index contributed by atoms with van der Waals surface area (Å²) in [6, 6.07) is 13.2. The molecule has 1 aliphatic heterocycles. The van der Waals surface area contributed by atoms with Gasteiger partial charge in [-0.2, -0.15) is 5.26 Å². The number of hydrogen-bond acceptors (Lipinski definition) is 5. The average molecular weight is 396 g/mol. The van der Waals surface area contributed by atoms with Crippen LogP contribution in [0.4, 0.5) is 10.1 Å². The smallest absolute Gasteiger partial charge is 0.241 e. The second-order valence-corrected chi connectivity index (χ2v) is 7.13. The van der Waals surface area contributed by atoms with Gasteiger partial charge in [0.25, 0.3) is 0 Å². The van der Waals surface area contributed by atoms with Gasteiger partial charge in [0.2, 0.25) is 5.91 Å². The van der Waals surface area contributed by atoms with Crippen LogP contribution in [0.5, 0.6) is 5.75 Å². The lowest BCUT2D eigenvalue weighted by Gasteiger charge is -2.37. The van der Waals surface area contributed by atoms with Crippen molar-refractivity contribution in [3.63, 3.8) is 0 Å². The maximum absolute atomic E-state index is 13.6. The first-order valence-corrected chi connectivity index (χ1v) is 9.60. The molecule has 0 unspecified atom stereocenters. The molecule has 1 N–H and O–H groups in total. The molecule has 0 bridgehead atoms. The summed E-state index contributed by atoms with van der Waals surface area (Å²) < 4.78 is 18.9. The van der Waals surface area contributed by atoms with E-state index in [1.807, 2.05) is 6.92 Å². The van der Waals surface area contributed by atoms with E-state index in [2.05, 4.69) is 21.2 Å². The van der Waals surface area contributed by atoms with Crippen LogP contribution in [0, 0.1) is 17.1 Å². The van der Waals surface area contributed by atoms with Gasteiger partial charge in [-0.3, -0.25) is 14.6 Å². The number of amides is 1. The Kier molecular flexibility index (Phi) is 6.81. The first-order chi connectivity index (χ1) is 14.0. The van der Waals surface area contributed by atoms with E-state index < -0.39 is 0 Å². The molecule has 0 radical (unpaired) electrons. The topological polar surface area (TPSA) is 68.6 Å². The number of carbonyl (C=O) groups is 1. The van der Waals surface area contributed by atoms with Crippen LogP contribution in [0.1, 0.15) is 18.1 Å². The Morgan fingerprint density at radius 2 is 2.00 bits per heavy atom. The van der Waals surface area contributed by atoms with E-state index >= 15 is 0 Å². The van der Waals surface area contributed by atoms with E-state index in [-0.39, 0.29) is 17.8 Å². The summed E-state index contributed by atoms with van der Waals surface area (Å²) in [6.45, 7) is 5.53. The average Bonchev–Trinajstić information content (AvgIpc) is 2.74. The Hall–Kier alpha value is -2.95. The van der Waals surface area contributed by atoms with Gasteiger partial charge < -0.3 is 10.1 Å². The molecule has 7 heteroatoms. The Balaban J connectivity index is 1.54. The molecule has 152 valence electrons. The summed E-state index contributed by atoms with van der Waals surface area (Å²) in [7, 11) is 1.58. The molecule has 2 aromatic carbocycles. The molecule has 6 nitrogen and oxygen atoms in total. The number of methoxy groups -OCH3 is 1. The number of piperazine rings is 1. The van der Waals surface area contributed by atoms with Gasteiger partial charge in [-0.05, 0) is 43.3 Å². The van der Waals surface area contributed by atoms with Gasteiger partial charge in [0.15, 0.2) is 0 Å². The van der Waals surface area contributed by atoms with Crippen LogP contribution in [-0.2, 0) is 11.3 Å². The summed E-state index contributed by atoms with van der Waals surface area (Å²) in [4.78, 5) is 17.0. The molecule has 2 aromatic rings. The molecule has 1 heterocycles. The molecule has 29 heavy (non-hydrogen) atoms. The highest BCUT2D eigenvalue weighted by molar-refractivity contribution is 5.94. The van der Waals surface area contributed by atoms with E-state index in [1.165, 1.54) is 12.1 Å². The third kappa shape index (κ3) is 5.31. The highest BCUT2D eigenvalue weighted by Gasteiger charge is 2.26. The molecule has 1 amide bonds. The number of benzene rings is 2. The van der Waals surface area contributed by atoms with Crippen LogP contribution in [0.3, 0.4) is 0 Å². The quantitative estimate of drug-likeness (QED) is 0.813.